The van der Waals surface area contributed by atoms with Crippen LogP contribution in [0.1, 0.15) is 27.7 Å². The fourth-order valence-electron chi connectivity index (χ4n) is 0.644. The molecule has 0 rings (SSSR count). The number of hydrogen-bond donors (Lipinski definition) is 4. The Morgan fingerprint density at radius 3 is 1.38 bits per heavy atom. The predicted molar refractivity (Wildman–Crippen MR) is 49.6 cm³/mol. The molecule has 5 nitrogen and oxygen atoms in total. The maximum absolute atomic E-state index is 9.24. The Balaban J connectivity index is 4.42. The van der Waals surface area contributed by atoms with Gasteiger partial charge in [0.1, 0.15) is 11.4 Å². The van der Waals surface area contributed by atoms with Crippen LogP contribution in [0.2, 0.25) is 0 Å². The van der Waals surface area contributed by atoms with Crippen LogP contribution in [0.15, 0.2) is 0 Å². The van der Waals surface area contributed by atoms with E-state index in [1.54, 1.807) is 0 Å². The van der Waals surface area contributed by atoms with Gasteiger partial charge in [0.25, 0.3) is 0 Å². The molecule has 0 aromatic heterocycles. The van der Waals surface area contributed by atoms with Crippen LogP contribution in [-0.2, 0) is 4.74 Å². The van der Waals surface area contributed by atoms with E-state index in [-0.39, 0.29) is 0 Å². The van der Waals surface area contributed by atoms with Crippen molar-refractivity contribution in [1.29, 1.82) is 0 Å². The zero-order valence-electron chi connectivity index (χ0n) is 8.61. The molecule has 0 radical (unpaired) electrons. The predicted octanol–water partition coefficient (Wildman–Crippen LogP) is -0.886. The summed E-state index contributed by atoms with van der Waals surface area (Å²) in [6.07, 6.45) is -1.73. The average molecular weight is 192 g/mol. The van der Waals surface area contributed by atoms with E-state index in [0.29, 0.717) is 0 Å². The van der Waals surface area contributed by atoms with E-state index in [0.717, 1.165) is 0 Å². The molecule has 0 spiro atoms. The highest BCUT2D eigenvalue weighted by atomic mass is 16.6. The smallest absolute Gasteiger partial charge is 0.142 e. The molecule has 0 fully saturated rings. The van der Waals surface area contributed by atoms with Crippen LogP contribution in [-0.4, -0.2) is 33.9 Å². The van der Waals surface area contributed by atoms with Crippen molar-refractivity contribution in [3.8, 4) is 0 Å². The van der Waals surface area contributed by atoms with E-state index in [1.807, 2.05) is 0 Å². The fraction of sp³-hybridized carbons (Fsp3) is 1.00. The van der Waals surface area contributed by atoms with Crippen LogP contribution in [0.5, 0.6) is 0 Å². The Kier molecular flexibility index (Phi) is 3.83. The van der Waals surface area contributed by atoms with Crippen molar-refractivity contribution in [2.24, 2.45) is 11.5 Å². The van der Waals surface area contributed by atoms with Gasteiger partial charge < -0.3 is 26.4 Å². The van der Waals surface area contributed by atoms with Crippen molar-refractivity contribution >= 4 is 0 Å². The second-order valence-electron chi connectivity index (χ2n) is 3.82. The summed E-state index contributed by atoms with van der Waals surface area (Å²) in [5, 5.41) is 18.5. The van der Waals surface area contributed by atoms with Gasteiger partial charge in [0, 0.05) is 0 Å². The maximum atomic E-state index is 9.24. The lowest BCUT2D eigenvalue weighted by Crippen LogP contribution is -2.61. The van der Waals surface area contributed by atoms with Crippen molar-refractivity contribution in [2.75, 3.05) is 0 Å². The Hall–Kier alpha value is -0.200. The molecular formula is C8H20N2O3. The van der Waals surface area contributed by atoms with Crippen molar-refractivity contribution in [3.63, 3.8) is 0 Å². The van der Waals surface area contributed by atoms with E-state index in [1.165, 1.54) is 27.7 Å². The highest BCUT2D eigenvalue weighted by Crippen LogP contribution is 2.18. The van der Waals surface area contributed by atoms with Crippen molar-refractivity contribution in [2.45, 2.75) is 51.4 Å². The van der Waals surface area contributed by atoms with E-state index < -0.39 is 23.7 Å². The lowest BCUT2D eigenvalue weighted by molar-refractivity contribution is -0.209. The molecule has 6 N–H and O–H groups in total. The summed E-state index contributed by atoms with van der Waals surface area (Å²) in [6, 6.07) is 0. The Bertz CT molecular complexity index is 149. The van der Waals surface area contributed by atoms with Gasteiger partial charge in [-0.2, -0.15) is 0 Å². The zero-order valence-corrected chi connectivity index (χ0v) is 8.61. The summed E-state index contributed by atoms with van der Waals surface area (Å²) in [4.78, 5) is 0. The third-order valence-electron chi connectivity index (χ3n) is 2.10. The fourth-order valence-corrected chi connectivity index (χ4v) is 0.644. The molecule has 0 aliphatic carbocycles. The first kappa shape index (κ1) is 12.8. The molecule has 0 aromatic rings. The van der Waals surface area contributed by atoms with Gasteiger partial charge in [0.2, 0.25) is 0 Å². The topological polar surface area (TPSA) is 102 Å². The van der Waals surface area contributed by atoms with Gasteiger partial charge in [-0.25, -0.2) is 0 Å². The van der Waals surface area contributed by atoms with Gasteiger partial charge in [-0.05, 0) is 27.7 Å². The second-order valence-corrected chi connectivity index (χ2v) is 3.82. The molecule has 4 atom stereocenters. The normalized spacial score (nSPS) is 25.8. The Labute approximate surface area is 78.7 Å². The van der Waals surface area contributed by atoms with E-state index >= 15 is 0 Å². The molecule has 0 saturated heterocycles. The number of nitrogens with two attached hydrogens (primary N) is 2. The number of rotatable bonds is 4. The van der Waals surface area contributed by atoms with Crippen LogP contribution in [0.25, 0.3) is 0 Å². The third-order valence-corrected chi connectivity index (χ3v) is 2.10. The lowest BCUT2D eigenvalue weighted by Gasteiger charge is -2.38. The van der Waals surface area contributed by atoms with Crippen LogP contribution in [0.4, 0.5) is 0 Å². The van der Waals surface area contributed by atoms with Crippen LogP contribution in [0.3, 0.4) is 0 Å². The maximum Gasteiger partial charge on any atom is 0.142 e. The molecule has 0 bridgehead atoms. The minimum absolute atomic E-state index is 0.867. The molecule has 5 heteroatoms. The Morgan fingerprint density at radius 1 is 1.00 bits per heavy atom. The minimum Gasteiger partial charge on any atom is -0.389 e. The zero-order chi connectivity index (χ0) is 10.9. The van der Waals surface area contributed by atoms with Gasteiger partial charge in [0.15, 0.2) is 0 Å². The molecule has 13 heavy (non-hydrogen) atoms. The standard InChI is InChI=1S/C8H20N2O3/c1-5(11)7(3,9)13-8(4,10)6(2)12/h5-6,11-12H,9-10H2,1-4H3. The van der Waals surface area contributed by atoms with Gasteiger partial charge >= 0.3 is 0 Å². The summed E-state index contributed by atoms with van der Waals surface area (Å²) < 4.78 is 5.20. The van der Waals surface area contributed by atoms with E-state index in [9.17, 15) is 10.2 Å². The molecule has 4 unspecified atom stereocenters. The van der Waals surface area contributed by atoms with Crippen molar-refractivity contribution in [3.05, 3.63) is 0 Å². The van der Waals surface area contributed by atoms with Crippen LogP contribution >= 0.6 is 0 Å². The number of aliphatic hydroxyl groups is 2. The number of aliphatic hydroxyl groups excluding tert-OH is 2. The molecule has 0 saturated carbocycles. The largest absolute Gasteiger partial charge is 0.389 e. The van der Waals surface area contributed by atoms with Gasteiger partial charge in [-0.15, -0.1) is 0 Å². The van der Waals surface area contributed by atoms with Crippen LogP contribution in [0, 0.1) is 0 Å². The van der Waals surface area contributed by atoms with Crippen LogP contribution < -0.4 is 11.5 Å². The summed E-state index contributed by atoms with van der Waals surface area (Å²) in [7, 11) is 0. The molecular weight excluding hydrogens is 172 g/mol. The highest BCUT2D eigenvalue weighted by Gasteiger charge is 2.36. The molecule has 80 valence electrons. The average Bonchev–Trinajstić information content (AvgIpc) is 1.83. The molecule has 0 heterocycles. The second kappa shape index (κ2) is 3.89. The Morgan fingerprint density at radius 2 is 1.23 bits per heavy atom. The number of ether oxygens (including phenoxy) is 1. The monoisotopic (exact) mass is 192 g/mol. The lowest BCUT2D eigenvalue weighted by atomic mass is 10.1. The van der Waals surface area contributed by atoms with Crippen molar-refractivity contribution < 1.29 is 14.9 Å². The first-order valence-electron chi connectivity index (χ1n) is 4.23. The summed E-state index contributed by atoms with van der Waals surface area (Å²) >= 11 is 0. The summed E-state index contributed by atoms with van der Waals surface area (Å²) in [5.41, 5.74) is 8.71. The summed E-state index contributed by atoms with van der Waals surface area (Å²) in [5.74, 6) is 0. The molecule has 0 amide bonds. The third kappa shape index (κ3) is 3.58. The van der Waals surface area contributed by atoms with Gasteiger partial charge in [-0.3, -0.25) is 0 Å². The SMILES string of the molecule is CC(O)C(C)(N)OC(C)(N)C(C)O. The van der Waals surface area contributed by atoms with Gasteiger partial charge in [-0.1, -0.05) is 0 Å². The quantitative estimate of drug-likeness (QED) is 0.433. The highest BCUT2D eigenvalue weighted by molar-refractivity contribution is 4.82. The first-order valence-corrected chi connectivity index (χ1v) is 4.23. The van der Waals surface area contributed by atoms with Crippen molar-refractivity contribution in [1.82, 2.24) is 0 Å². The molecule has 0 aromatic carbocycles. The van der Waals surface area contributed by atoms with Gasteiger partial charge in [0.05, 0.1) is 12.2 Å². The summed E-state index contributed by atoms with van der Waals surface area (Å²) in [6.45, 7) is 6.01. The minimum atomic E-state index is -1.26. The molecule has 0 aliphatic rings. The van der Waals surface area contributed by atoms with E-state index in [4.69, 9.17) is 16.2 Å². The molecule has 0 aliphatic heterocycles. The first-order chi connectivity index (χ1) is 5.59. The number of hydrogen-bond acceptors (Lipinski definition) is 5. The van der Waals surface area contributed by atoms with E-state index in [2.05, 4.69) is 0 Å².